The van der Waals surface area contributed by atoms with E-state index in [2.05, 4.69) is 0 Å². The van der Waals surface area contributed by atoms with Crippen LogP contribution in [0, 0.1) is 23.2 Å². The van der Waals surface area contributed by atoms with Crippen LogP contribution in [0.4, 0.5) is 26.3 Å². The lowest BCUT2D eigenvalue weighted by Gasteiger charge is -2.36. The number of carbonyl (C=O) groups is 1. The predicted octanol–water partition coefficient (Wildman–Crippen LogP) is 4.63. The number of alkyl halides is 6. The third kappa shape index (κ3) is 3.68. The van der Waals surface area contributed by atoms with E-state index in [0.717, 1.165) is 6.92 Å². The molecule has 1 N–H and O–H groups in total. The zero-order chi connectivity index (χ0) is 20.1. The first-order valence-corrected chi connectivity index (χ1v) is 8.69. The molecule has 0 aromatic rings. The minimum atomic E-state index is -4.79. The van der Waals surface area contributed by atoms with Crippen LogP contribution in [-0.4, -0.2) is 35.1 Å². The zero-order valence-electron chi connectivity index (χ0n) is 14.9. The van der Waals surface area contributed by atoms with Crippen molar-refractivity contribution in [2.24, 2.45) is 23.2 Å². The molecule has 0 spiro atoms. The molecule has 0 amide bonds. The molecule has 0 aromatic heterocycles. The number of esters is 1. The fourth-order valence-electron chi connectivity index (χ4n) is 4.15. The molecule has 2 saturated carbocycles. The Hall–Kier alpha value is -0.990. The molecule has 3 nitrogen and oxygen atoms in total. The van der Waals surface area contributed by atoms with Crippen LogP contribution < -0.4 is 0 Å². The first-order valence-electron chi connectivity index (χ1n) is 8.69. The Morgan fingerprint density at radius 1 is 1.04 bits per heavy atom. The van der Waals surface area contributed by atoms with Gasteiger partial charge in [0.05, 0.1) is 0 Å². The molecular formula is C17H24F6O3. The quantitative estimate of drug-likeness (QED) is 0.550. The van der Waals surface area contributed by atoms with Crippen LogP contribution in [0.25, 0.3) is 0 Å². The second-order valence-electron chi connectivity index (χ2n) is 8.10. The van der Waals surface area contributed by atoms with Crippen LogP contribution in [0.3, 0.4) is 0 Å². The monoisotopic (exact) mass is 390 g/mol. The van der Waals surface area contributed by atoms with Crippen molar-refractivity contribution in [3.05, 3.63) is 0 Å². The maximum atomic E-state index is 13.2. The van der Waals surface area contributed by atoms with Crippen molar-refractivity contribution in [1.29, 1.82) is 0 Å². The highest BCUT2D eigenvalue weighted by molar-refractivity contribution is 5.77. The van der Waals surface area contributed by atoms with Crippen molar-refractivity contribution in [3.8, 4) is 0 Å². The standard InChI is InChI=1S/C17H24F6O3/c1-4-14(2,16(18,19)20)13(24)26-12-7-9-5-10(11(12)6-9)8-15(3,25)17(21,22)23/h9-12,25H,4-8H2,1-3H3. The first kappa shape index (κ1) is 21.3. The molecule has 0 aliphatic heterocycles. The van der Waals surface area contributed by atoms with Gasteiger partial charge in [0.1, 0.15) is 6.10 Å². The van der Waals surface area contributed by atoms with E-state index in [1.54, 1.807) is 0 Å². The summed E-state index contributed by atoms with van der Waals surface area (Å²) in [5.74, 6) is -2.37. The molecule has 2 bridgehead atoms. The summed E-state index contributed by atoms with van der Waals surface area (Å²) in [5, 5.41) is 9.70. The second-order valence-corrected chi connectivity index (χ2v) is 8.10. The Morgan fingerprint density at radius 3 is 2.04 bits per heavy atom. The molecule has 152 valence electrons. The summed E-state index contributed by atoms with van der Waals surface area (Å²) in [4.78, 5) is 12.2. The molecule has 0 heterocycles. The predicted molar refractivity (Wildman–Crippen MR) is 79.9 cm³/mol. The van der Waals surface area contributed by atoms with Gasteiger partial charge in [-0.2, -0.15) is 26.3 Å². The molecule has 2 aliphatic carbocycles. The van der Waals surface area contributed by atoms with E-state index in [9.17, 15) is 36.2 Å². The maximum absolute atomic E-state index is 13.2. The largest absolute Gasteiger partial charge is 0.461 e. The molecule has 0 aromatic carbocycles. The fourth-order valence-corrected chi connectivity index (χ4v) is 4.15. The highest BCUT2D eigenvalue weighted by Gasteiger charge is 2.59. The lowest BCUT2D eigenvalue weighted by molar-refractivity contribution is -0.260. The third-order valence-electron chi connectivity index (χ3n) is 6.20. The van der Waals surface area contributed by atoms with Gasteiger partial charge in [0, 0.05) is 0 Å². The van der Waals surface area contributed by atoms with Gasteiger partial charge in [-0.3, -0.25) is 4.79 Å². The van der Waals surface area contributed by atoms with E-state index in [1.807, 2.05) is 0 Å². The molecule has 9 heteroatoms. The van der Waals surface area contributed by atoms with Crippen LogP contribution in [-0.2, 0) is 9.53 Å². The smallest absolute Gasteiger partial charge is 0.416 e. The Morgan fingerprint density at radius 2 is 1.62 bits per heavy atom. The van der Waals surface area contributed by atoms with Crippen molar-refractivity contribution in [2.75, 3.05) is 0 Å². The van der Waals surface area contributed by atoms with E-state index in [4.69, 9.17) is 4.74 Å². The van der Waals surface area contributed by atoms with E-state index >= 15 is 0 Å². The summed E-state index contributed by atoms with van der Waals surface area (Å²) in [7, 11) is 0. The van der Waals surface area contributed by atoms with E-state index < -0.39 is 60.1 Å². The molecule has 26 heavy (non-hydrogen) atoms. The lowest BCUT2D eigenvalue weighted by Crippen LogP contribution is -2.47. The van der Waals surface area contributed by atoms with E-state index in [0.29, 0.717) is 26.2 Å². The summed E-state index contributed by atoms with van der Waals surface area (Å²) >= 11 is 0. The van der Waals surface area contributed by atoms with Crippen LogP contribution in [0.15, 0.2) is 0 Å². The van der Waals surface area contributed by atoms with Gasteiger partial charge in [0.15, 0.2) is 11.0 Å². The molecule has 6 unspecified atom stereocenters. The number of carbonyl (C=O) groups excluding carboxylic acids is 1. The Balaban J connectivity index is 2.08. The zero-order valence-corrected chi connectivity index (χ0v) is 14.9. The second kappa shape index (κ2) is 6.56. The normalized spacial score (nSPS) is 33.6. The van der Waals surface area contributed by atoms with Gasteiger partial charge in [-0.25, -0.2) is 0 Å². The van der Waals surface area contributed by atoms with Gasteiger partial charge in [0.25, 0.3) is 0 Å². The van der Waals surface area contributed by atoms with Crippen LogP contribution in [0.5, 0.6) is 0 Å². The third-order valence-corrected chi connectivity index (χ3v) is 6.20. The van der Waals surface area contributed by atoms with Crippen LogP contribution in [0.2, 0.25) is 0 Å². The van der Waals surface area contributed by atoms with Gasteiger partial charge in [-0.15, -0.1) is 0 Å². The minimum Gasteiger partial charge on any atom is -0.461 e. The van der Waals surface area contributed by atoms with E-state index in [-0.39, 0.29) is 5.92 Å². The number of ether oxygens (including phenoxy) is 1. The number of halogens is 6. The highest BCUT2D eigenvalue weighted by atomic mass is 19.4. The van der Waals surface area contributed by atoms with Gasteiger partial charge < -0.3 is 9.84 Å². The number of fused-ring (bicyclic) bond motifs is 2. The summed E-state index contributed by atoms with van der Waals surface area (Å²) in [6, 6.07) is 0. The fraction of sp³-hybridized carbons (Fsp3) is 0.941. The molecule has 0 saturated heterocycles. The Labute approximate surface area is 148 Å². The lowest BCUT2D eigenvalue weighted by atomic mass is 9.79. The SMILES string of the molecule is CCC(C)(C(=O)OC1CC2CC(CC(C)(O)C(F)(F)F)C1C2)C(F)(F)F. The molecule has 0 radical (unpaired) electrons. The average Bonchev–Trinajstić information content (AvgIpc) is 3.02. The topological polar surface area (TPSA) is 46.5 Å². The van der Waals surface area contributed by atoms with Crippen molar-refractivity contribution < 1.29 is 41.0 Å². The Kier molecular flexibility index (Phi) is 5.38. The minimum absolute atomic E-state index is 0.00519. The van der Waals surface area contributed by atoms with Gasteiger partial charge >= 0.3 is 18.3 Å². The maximum Gasteiger partial charge on any atom is 0.416 e. The Bertz CT molecular complexity index is 542. The van der Waals surface area contributed by atoms with Gasteiger partial charge in [-0.1, -0.05) is 6.92 Å². The number of rotatable bonds is 5. The number of aliphatic hydroxyl groups is 1. The summed E-state index contributed by atoms with van der Waals surface area (Å²) in [5.41, 5.74) is -5.51. The van der Waals surface area contributed by atoms with E-state index in [1.165, 1.54) is 6.92 Å². The van der Waals surface area contributed by atoms with Crippen molar-refractivity contribution >= 4 is 5.97 Å². The van der Waals surface area contributed by atoms with Crippen molar-refractivity contribution in [2.45, 2.75) is 76.9 Å². The number of hydrogen-bond donors (Lipinski definition) is 1. The molecule has 6 atom stereocenters. The highest BCUT2D eigenvalue weighted by Crippen LogP contribution is 2.54. The van der Waals surface area contributed by atoms with Gasteiger partial charge in [0.2, 0.25) is 0 Å². The molecule has 2 fully saturated rings. The summed E-state index contributed by atoms with van der Waals surface area (Å²) in [6.45, 7) is 2.70. The number of hydrogen-bond acceptors (Lipinski definition) is 3. The molecule has 2 aliphatic rings. The molecular weight excluding hydrogens is 366 g/mol. The summed E-state index contributed by atoms with van der Waals surface area (Å²) < 4.78 is 83.4. The molecule has 2 rings (SSSR count). The van der Waals surface area contributed by atoms with Crippen LogP contribution >= 0.6 is 0 Å². The van der Waals surface area contributed by atoms with Gasteiger partial charge in [-0.05, 0) is 63.7 Å². The average molecular weight is 390 g/mol. The van der Waals surface area contributed by atoms with Crippen molar-refractivity contribution in [1.82, 2.24) is 0 Å². The van der Waals surface area contributed by atoms with Crippen molar-refractivity contribution in [3.63, 3.8) is 0 Å². The summed E-state index contributed by atoms with van der Waals surface area (Å²) in [6.07, 6.45) is -10.1. The first-order chi connectivity index (χ1) is 11.6. The van der Waals surface area contributed by atoms with Crippen LogP contribution in [0.1, 0.15) is 52.9 Å².